The lowest BCUT2D eigenvalue weighted by atomic mass is 9.73. The lowest BCUT2D eigenvalue weighted by Gasteiger charge is -2.40. The van der Waals surface area contributed by atoms with E-state index in [0.717, 1.165) is 19.3 Å². The van der Waals surface area contributed by atoms with Gasteiger partial charge in [0.2, 0.25) is 0 Å². The maximum atomic E-state index is 6.57. The molecule has 0 amide bonds. The highest BCUT2D eigenvalue weighted by Gasteiger charge is 2.40. The van der Waals surface area contributed by atoms with Gasteiger partial charge in [0.15, 0.2) is 0 Å². The monoisotopic (exact) mass is 402 g/mol. The topological polar surface area (TPSA) is 9.23 Å². The molecule has 0 fully saturated rings. The van der Waals surface area contributed by atoms with Crippen molar-refractivity contribution < 1.29 is 4.43 Å². The Kier molecular flexibility index (Phi) is 7.10. The molecule has 1 nitrogen and oxygen atoms in total. The van der Waals surface area contributed by atoms with E-state index in [1.807, 2.05) is 0 Å². The van der Waals surface area contributed by atoms with E-state index in [1.165, 1.54) is 33.4 Å². The molecular formula is C27H34OSi. The van der Waals surface area contributed by atoms with Crippen molar-refractivity contribution in [1.82, 2.24) is 0 Å². The van der Waals surface area contributed by atoms with Gasteiger partial charge in [0.25, 0.3) is 0 Å². The molecule has 3 aromatic carbocycles. The summed E-state index contributed by atoms with van der Waals surface area (Å²) in [4.78, 5) is 0. The van der Waals surface area contributed by atoms with Crippen molar-refractivity contribution in [3.8, 4) is 0 Å². The van der Waals surface area contributed by atoms with Crippen LogP contribution in [0.3, 0.4) is 0 Å². The zero-order valence-corrected chi connectivity index (χ0v) is 20.5. The summed E-state index contributed by atoms with van der Waals surface area (Å²) < 4.78 is 6.57. The van der Waals surface area contributed by atoms with E-state index in [1.54, 1.807) is 0 Å². The highest BCUT2D eigenvalue weighted by Crippen LogP contribution is 2.45. The first-order chi connectivity index (χ1) is 14.1. The molecule has 1 unspecified atom stereocenters. The van der Waals surface area contributed by atoms with Crippen LogP contribution in [0, 0.1) is 0 Å². The Bertz CT molecular complexity index is 847. The summed E-state index contributed by atoms with van der Waals surface area (Å²) in [5.41, 5.74) is 7.41. The predicted octanol–water partition coefficient (Wildman–Crippen LogP) is 5.72. The summed E-state index contributed by atoms with van der Waals surface area (Å²) in [5, 5.41) is 0. The van der Waals surface area contributed by atoms with Crippen molar-refractivity contribution in [2.75, 3.05) is 0 Å². The van der Waals surface area contributed by atoms with E-state index < -0.39 is 5.60 Å². The van der Waals surface area contributed by atoms with Crippen LogP contribution in [0.25, 0.3) is 0 Å². The number of benzene rings is 3. The minimum atomic E-state index is -0.474. The molecule has 0 heterocycles. The van der Waals surface area contributed by atoms with E-state index in [4.69, 9.17) is 4.43 Å². The smallest absolute Gasteiger partial charge is 0.147 e. The first kappa shape index (κ1) is 21.5. The second kappa shape index (κ2) is 9.56. The van der Waals surface area contributed by atoms with Gasteiger partial charge in [-0.3, -0.25) is 0 Å². The third kappa shape index (κ3) is 4.24. The van der Waals surface area contributed by atoms with Gasteiger partial charge in [-0.1, -0.05) is 100 Å². The molecule has 0 saturated carbocycles. The summed E-state index contributed by atoms with van der Waals surface area (Å²) in [6, 6.07) is 27.1. The molecule has 0 saturated heterocycles. The highest BCUT2D eigenvalue weighted by atomic mass is 28.2. The maximum Gasteiger partial charge on any atom is 0.147 e. The van der Waals surface area contributed by atoms with Gasteiger partial charge in [0.05, 0.1) is 0 Å². The van der Waals surface area contributed by atoms with Gasteiger partial charge in [-0.25, -0.2) is 0 Å². The van der Waals surface area contributed by atoms with Gasteiger partial charge < -0.3 is 4.43 Å². The van der Waals surface area contributed by atoms with E-state index in [9.17, 15) is 0 Å². The second-order valence-electron chi connectivity index (χ2n) is 7.86. The molecule has 0 aromatic heterocycles. The van der Waals surface area contributed by atoms with Crippen LogP contribution < -0.4 is 0 Å². The van der Waals surface area contributed by atoms with E-state index in [-0.39, 0.29) is 5.92 Å². The van der Waals surface area contributed by atoms with Crippen LogP contribution in [0.4, 0.5) is 0 Å². The molecular weight excluding hydrogens is 368 g/mol. The Morgan fingerprint density at radius 2 is 1.00 bits per heavy atom. The molecule has 0 spiro atoms. The van der Waals surface area contributed by atoms with Crippen molar-refractivity contribution in [3.63, 3.8) is 0 Å². The van der Waals surface area contributed by atoms with E-state index in [2.05, 4.69) is 100 Å². The Balaban J connectivity index is 2.16. The Labute approximate surface area is 179 Å². The Morgan fingerprint density at radius 3 is 1.31 bits per heavy atom. The molecule has 1 atom stereocenters. The minimum absolute atomic E-state index is 0.200. The third-order valence-corrected chi connectivity index (χ3v) is 7.05. The zero-order chi connectivity index (χ0) is 20.9. The fourth-order valence-corrected chi connectivity index (χ4v) is 5.16. The summed E-state index contributed by atoms with van der Waals surface area (Å²) in [5.74, 6) is 0.200. The van der Waals surface area contributed by atoms with Gasteiger partial charge in [0, 0.05) is 5.92 Å². The van der Waals surface area contributed by atoms with Crippen LogP contribution in [-0.2, 0) is 29.3 Å². The number of hydrogen-bond donors (Lipinski definition) is 0. The lowest BCUT2D eigenvalue weighted by molar-refractivity contribution is 0.0967. The lowest BCUT2D eigenvalue weighted by Crippen LogP contribution is -2.36. The molecule has 0 bridgehead atoms. The highest BCUT2D eigenvalue weighted by molar-refractivity contribution is 5.98. The van der Waals surface area contributed by atoms with Gasteiger partial charge in [-0.15, -0.1) is 0 Å². The van der Waals surface area contributed by atoms with Crippen LogP contribution in [0.5, 0.6) is 0 Å². The maximum absolute atomic E-state index is 6.57. The predicted molar refractivity (Wildman–Crippen MR) is 128 cm³/mol. The molecule has 0 aliphatic carbocycles. The van der Waals surface area contributed by atoms with Crippen molar-refractivity contribution in [2.45, 2.75) is 58.5 Å². The van der Waals surface area contributed by atoms with Gasteiger partial charge in [-0.2, -0.15) is 0 Å². The second-order valence-corrected chi connectivity index (χ2v) is 8.27. The molecule has 29 heavy (non-hydrogen) atoms. The first-order valence-electron chi connectivity index (χ1n) is 10.9. The van der Waals surface area contributed by atoms with E-state index in [0.29, 0.717) is 10.5 Å². The van der Waals surface area contributed by atoms with E-state index >= 15 is 0 Å². The summed E-state index contributed by atoms with van der Waals surface area (Å²) in [6.45, 7) is 8.91. The normalized spacial score (nSPS) is 12.8. The summed E-state index contributed by atoms with van der Waals surface area (Å²) in [6.07, 6.45) is 3.16. The Morgan fingerprint density at radius 1 is 0.655 bits per heavy atom. The molecule has 0 aliphatic rings. The number of rotatable bonds is 8. The largest absolute Gasteiger partial charge is 0.414 e. The molecule has 152 valence electrons. The van der Waals surface area contributed by atoms with Crippen LogP contribution in [-0.4, -0.2) is 10.5 Å². The van der Waals surface area contributed by atoms with Crippen LogP contribution in [0.15, 0.2) is 72.8 Å². The number of hydrogen-bond acceptors (Lipinski definition) is 1. The minimum Gasteiger partial charge on any atom is -0.414 e. The molecule has 0 N–H and O–H groups in total. The van der Waals surface area contributed by atoms with Crippen molar-refractivity contribution in [2.24, 2.45) is 0 Å². The number of aryl methyl sites for hydroxylation is 3. The fraction of sp³-hybridized carbons (Fsp3) is 0.333. The molecule has 3 rings (SSSR count). The van der Waals surface area contributed by atoms with Crippen molar-refractivity contribution >= 4 is 10.5 Å². The quantitative estimate of drug-likeness (QED) is 0.438. The first-order valence-corrected chi connectivity index (χ1v) is 11.7. The van der Waals surface area contributed by atoms with Gasteiger partial charge in [-0.05, 0) is 52.6 Å². The van der Waals surface area contributed by atoms with Gasteiger partial charge >= 0.3 is 0 Å². The average molecular weight is 403 g/mol. The molecule has 0 aliphatic heterocycles. The molecule has 2 heteroatoms. The SMILES string of the molecule is CCc1ccc(C(C)C(O[SiH3])(c2ccc(CC)cc2)c2ccc(CC)cc2)cc1. The molecule has 0 radical (unpaired) electrons. The van der Waals surface area contributed by atoms with Crippen LogP contribution >= 0.6 is 0 Å². The summed E-state index contributed by atoms with van der Waals surface area (Å²) >= 11 is 0. The average Bonchev–Trinajstić information content (AvgIpc) is 2.80. The van der Waals surface area contributed by atoms with Crippen molar-refractivity contribution in [3.05, 3.63) is 106 Å². The molecule has 3 aromatic rings. The fourth-order valence-electron chi connectivity index (χ4n) is 4.33. The van der Waals surface area contributed by atoms with Crippen molar-refractivity contribution in [1.29, 1.82) is 0 Å². The summed E-state index contributed by atoms with van der Waals surface area (Å²) in [7, 11) is 0.662. The Hall–Kier alpha value is -2.16. The van der Waals surface area contributed by atoms with Crippen LogP contribution in [0.2, 0.25) is 0 Å². The zero-order valence-electron chi connectivity index (χ0n) is 18.5. The van der Waals surface area contributed by atoms with Crippen LogP contribution in [0.1, 0.15) is 67.0 Å². The standard InChI is InChI=1S/C27H34OSi/c1-5-21-8-14-24(15-9-21)20(4)27(28-29,25-16-10-22(6-2)11-17-25)26-18-12-23(7-3)13-19-26/h8-20H,5-7H2,1-4,29H3. The third-order valence-electron chi connectivity index (χ3n) is 6.40. The van der Waals surface area contributed by atoms with Gasteiger partial charge in [0.1, 0.15) is 16.1 Å².